The molecule has 1 aromatic carbocycles. The number of alkyl halides is 3. The van der Waals surface area contributed by atoms with Gasteiger partial charge in [0, 0.05) is 19.6 Å². The number of anilines is 1. The van der Waals surface area contributed by atoms with Crippen molar-refractivity contribution in [3.63, 3.8) is 0 Å². The monoisotopic (exact) mass is 551 g/mol. The maximum Gasteiger partial charge on any atom is 0.417 e. The zero-order valence-corrected chi connectivity index (χ0v) is 21.6. The highest BCUT2D eigenvalue weighted by Gasteiger charge is 2.35. The molecule has 0 unspecified atom stereocenters. The Morgan fingerprint density at radius 1 is 1.18 bits per heavy atom. The van der Waals surface area contributed by atoms with Crippen molar-refractivity contribution in [1.82, 2.24) is 30.0 Å². The van der Waals surface area contributed by atoms with Crippen molar-refractivity contribution in [3.05, 3.63) is 77.8 Å². The minimum Gasteiger partial charge on any atom is -0.383 e. The molecule has 1 aliphatic heterocycles. The lowest BCUT2D eigenvalue weighted by Crippen LogP contribution is -2.40. The third kappa shape index (κ3) is 5.33. The summed E-state index contributed by atoms with van der Waals surface area (Å²) in [6.45, 7) is 4.83. The summed E-state index contributed by atoms with van der Waals surface area (Å²) in [5.74, 6) is -0.612. The Labute approximate surface area is 228 Å². The van der Waals surface area contributed by atoms with Gasteiger partial charge in [0.1, 0.15) is 17.8 Å². The summed E-state index contributed by atoms with van der Waals surface area (Å²) in [5.41, 5.74) is 7.88. The first kappa shape index (κ1) is 27.1. The number of hydrogen-bond donors (Lipinski definition) is 2. The SMILES string of the molecule is C=CC(=O)N1CCC[C@@H](n2nc(C3=CC=C(CNC(=O)c4ccccc4C(F)(F)F)CC3)c3c(N)ncnc32)C1. The number of amides is 2. The smallest absolute Gasteiger partial charge is 0.383 e. The minimum atomic E-state index is -4.62. The fraction of sp³-hybridized carbons (Fsp3) is 0.321. The number of likely N-dealkylation sites (tertiary alicyclic amines) is 1. The van der Waals surface area contributed by atoms with E-state index in [4.69, 9.17) is 10.8 Å². The molecule has 3 heterocycles. The normalized spacial score (nSPS) is 17.8. The van der Waals surface area contributed by atoms with E-state index in [-0.39, 0.29) is 18.5 Å². The second-order valence-corrected chi connectivity index (χ2v) is 9.78. The highest BCUT2D eigenvalue weighted by Crippen LogP contribution is 2.35. The number of nitrogens with zero attached hydrogens (tertiary/aromatic N) is 5. The molecule has 1 aliphatic carbocycles. The number of rotatable bonds is 6. The van der Waals surface area contributed by atoms with Gasteiger partial charge in [0.25, 0.3) is 5.91 Å². The molecule has 3 N–H and O–H groups in total. The second-order valence-electron chi connectivity index (χ2n) is 9.78. The topological polar surface area (TPSA) is 119 Å². The zero-order chi connectivity index (χ0) is 28.4. The molecule has 2 aromatic heterocycles. The van der Waals surface area contributed by atoms with Gasteiger partial charge in [0.05, 0.1) is 22.6 Å². The number of hydrogen-bond acceptors (Lipinski definition) is 6. The number of benzene rings is 1. The number of aromatic nitrogens is 4. The molecule has 2 amide bonds. The Kier molecular flexibility index (Phi) is 7.42. The molecule has 1 fully saturated rings. The molecule has 1 atom stereocenters. The molecule has 3 aromatic rings. The molecule has 1 saturated heterocycles. The lowest BCUT2D eigenvalue weighted by atomic mass is 9.95. The number of nitrogens with two attached hydrogens (primary N) is 1. The van der Waals surface area contributed by atoms with E-state index >= 15 is 0 Å². The summed E-state index contributed by atoms with van der Waals surface area (Å²) in [7, 11) is 0. The van der Waals surface area contributed by atoms with Gasteiger partial charge >= 0.3 is 6.18 Å². The first-order valence-electron chi connectivity index (χ1n) is 12.9. The van der Waals surface area contributed by atoms with Crippen molar-refractivity contribution < 1.29 is 22.8 Å². The van der Waals surface area contributed by atoms with Gasteiger partial charge in [-0.2, -0.15) is 18.3 Å². The lowest BCUT2D eigenvalue weighted by Gasteiger charge is -2.32. The summed E-state index contributed by atoms with van der Waals surface area (Å²) < 4.78 is 41.7. The standard InChI is InChI=1S/C28H28F3N7O2/c1-2-22(39)37-13-5-6-19(15-37)38-26-23(25(32)34-16-35-26)24(36-38)18-11-9-17(10-12-18)14-33-27(40)20-7-3-4-8-21(20)28(29,30)31/h2-4,7-9,11,16,19H,1,5-6,10,12-15H2,(H,33,40)(H2,32,34,35)/t19-/m1/s1. The molecule has 2 aliphatic rings. The third-order valence-electron chi connectivity index (χ3n) is 7.24. The van der Waals surface area contributed by atoms with Crippen LogP contribution in [0.3, 0.4) is 0 Å². The van der Waals surface area contributed by atoms with E-state index in [0.717, 1.165) is 36.1 Å². The van der Waals surface area contributed by atoms with Crippen LogP contribution in [0.15, 0.2) is 61.0 Å². The fourth-order valence-corrected chi connectivity index (χ4v) is 5.20. The largest absolute Gasteiger partial charge is 0.417 e. The van der Waals surface area contributed by atoms with Crippen LogP contribution in [0, 0.1) is 0 Å². The Balaban J connectivity index is 1.37. The van der Waals surface area contributed by atoms with Gasteiger partial charge in [-0.25, -0.2) is 14.6 Å². The Hall–Kier alpha value is -4.48. The summed E-state index contributed by atoms with van der Waals surface area (Å²) in [6.07, 6.45) is 4.58. The summed E-state index contributed by atoms with van der Waals surface area (Å²) >= 11 is 0. The zero-order valence-electron chi connectivity index (χ0n) is 21.6. The van der Waals surface area contributed by atoms with Crippen LogP contribution in [0.4, 0.5) is 19.0 Å². The van der Waals surface area contributed by atoms with Crippen LogP contribution in [0.25, 0.3) is 16.6 Å². The molecule has 208 valence electrons. The van der Waals surface area contributed by atoms with Gasteiger partial charge in [-0.15, -0.1) is 0 Å². The number of carbonyl (C=O) groups is 2. The fourth-order valence-electron chi connectivity index (χ4n) is 5.20. The van der Waals surface area contributed by atoms with Crippen molar-refractivity contribution in [1.29, 1.82) is 0 Å². The van der Waals surface area contributed by atoms with E-state index in [0.29, 0.717) is 48.5 Å². The van der Waals surface area contributed by atoms with E-state index in [1.807, 2.05) is 16.8 Å². The van der Waals surface area contributed by atoms with Crippen LogP contribution >= 0.6 is 0 Å². The van der Waals surface area contributed by atoms with Crippen LogP contribution in [0.2, 0.25) is 0 Å². The number of allylic oxidation sites excluding steroid dienone is 3. The average Bonchev–Trinajstić information content (AvgIpc) is 3.36. The van der Waals surface area contributed by atoms with Crippen molar-refractivity contribution >= 4 is 34.2 Å². The number of carbonyl (C=O) groups excluding carboxylic acids is 2. The second kappa shape index (κ2) is 10.9. The van der Waals surface area contributed by atoms with E-state index in [9.17, 15) is 22.8 Å². The maximum absolute atomic E-state index is 13.3. The van der Waals surface area contributed by atoms with Crippen LogP contribution in [0.1, 0.15) is 53.3 Å². The van der Waals surface area contributed by atoms with Gasteiger partial charge in [0.2, 0.25) is 5.91 Å². The summed E-state index contributed by atoms with van der Waals surface area (Å²) in [4.78, 5) is 35.1. The Morgan fingerprint density at radius 2 is 1.98 bits per heavy atom. The summed E-state index contributed by atoms with van der Waals surface area (Å²) in [5, 5.41) is 8.12. The highest BCUT2D eigenvalue weighted by molar-refractivity contribution is 5.97. The van der Waals surface area contributed by atoms with E-state index in [1.54, 1.807) is 4.90 Å². The molecule has 0 bridgehead atoms. The number of nitrogens with one attached hydrogen (secondary N) is 1. The van der Waals surface area contributed by atoms with Gasteiger partial charge in [-0.05, 0) is 49.5 Å². The molecular formula is C28H28F3N7O2. The van der Waals surface area contributed by atoms with Crippen molar-refractivity contribution in [2.24, 2.45) is 0 Å². The molecule has 0 spiro atoms. The van der Waals surface area contributed by atoms with Crippen molar-refractivity contribution in [2.45, 2.75) is 37.9 Å². The molecule has 12 heteroatoms. The van der Waals surface area contributed by atoms with Crippen LogP contribution in [-0.2, 0) is 11.0 Å². The van der Waals surface area contributed by atoms with Crippen LogP contribution in [0.5, 0.6) is 0 Å². The molecular weight excluding hydrogens is 523 g/mol. The number of fused-ring (bicyclic) bond motifs is 1. The highest BCUT2D eigenvalue weighted by atomic mass is 19.4. The number of halogens is 3. The van der Waals surface area contributed by atoms with E-state index in [2.05, 4.69) is 21.9 Å². The van der Waals surface area contributed by atoms with Gasteiger partial charge in [-0.3, -0.25) is 9.59 Å². The number of piperidine rings is 1. The van der Waals surface area contributed by atoms with E-state index < -0.39 is 23.2 Å². The summed E-state index contributed by atoms with van der Waals surface area (Å²) in [6, 6.07) is 4.63. The lowest BCUT2D eigenvalue weighted by molar-refractivity contribution is -0.138. The quantitative estimate of drug-likeness (QED) is 0.441. The van der Waals surface area contributed by atoms with Crippen molar-refractivity contribution in [2.75, 3.05) is 25.4 Å². The predicted octanol–water partition coefficient (Wildman–Crippen LogP) is 4.31. The number of nitrogen functional groups attached to an aromatic ring is 1. The molecule has 0 radical (unpaired) electrons. The van der Waals surface area contributed by atoms with Crippen LogP contribution in [-0.4, -0.2) is 56.1 Å². The molecule has 40 heavy (non-hydrogen) atoms. The first-order valence-corrected chi connectivity index (χ1v) is 12.9. The minimum absolute atomic E-state index is 0.0896. The van der Waals surface area contributed by atoms with Gasteiger partial charge in [0.15, 0.2) is 5.65 Å². The molecule has 0 saturated carbocycles. The third-order valence-corrected chi connectivity index (χ3v) is 7.24. The first-order chi connectivity index (χ1) is 19.2. The van der Waals surface area contributed by atoms with Crippen LogP contribution < -0.4 is 11.1 Å². The Bertz CT molecular complexity index is 1540. The van der Waals surface area contributed by atoms with Gasteiger partial charge in [-0.1, -0.05) is 36.4 Å². The molecule has 5 rings (SSSR count). The predicted molar refractivity (Wildman–Crippen MR) is 144 cm³/mol. The Morgan fingerprint density at radius 3 is 2.70 bits per heavy atom. The van der Waals surface area contributed by atoms with Crippen molar-refractivity contribution in [3.8, 4) is 0 Å². The molecule has 9 nitrogen and oxygen atoms in total. The maximum atomic E-state index is 13.3. The average molecular weight is 552 g/mol. The van der Waals surface area contributed by atoms with Gasteiger partial charge < -0.3 is 16.0 Å². The van der Waals surface area contributed by atoms with E-state index in [1.165, 1.54) is 24.5 Å².